The van der Waals surface area contributed by atoms with Crippen molar-refractivity contribution in [2.24, 2.45) is 0 Å². The summed E-state index contributed by atoms with van der Waals surface area (Å²) in [5.41, 5.74) is 0.169. The molecule has 0 heterocycles. The number of carbonyl (C=O) groups excluding carboxylic acids is 1. The topological polar surface area (TPSA) is 26.3 Å². The molecule has 3 heteroatoms. The van der Waals surface area contributed by atoms with Crippen molar-refractivity contribution in [1.82, 2.24) is 0 Å². The Hall–Kier alpha value is -1.28. The van der Waals surface area contributed by atoms with Crippen molar-refractivity contribution in [2.75, 3.05) is 6.61 Å². The number of rotatable bonds is 4. The maximum absolute atomic E-state index is 12.0. The molecule has 1 aromatic carbocycles. The lowest BCUT2D eigenvalue weighted by Crippen LogP contribution is -2.31. The van der Waals surface area contributed by atoms with Crippen LogP contribution in [0.3, 0.4) is 0 Å². The molecule has 0 aliphatic rings. The van der Waals surface area contributed by atoms with Gasteiger partial charge in [0.05, 0.1) is 5.41 Å². The average molecular weight is 253 g/mol. The first kappa shape index (κ1) is 13.8. The van der Waals surface area contributed by atoms with Crippen LogP contribution >= 0.6 is 11.6 Å². The van der Waals surface area contributed by atoms with Crippen LogP contribution in [0.4, 0.5) is 0 Å². The number of hydrogen-bond donors (Lipinski definition) is 0. The molecule has 0 aliphatic carbocycles. The van der Waals surface area contributed by atoms with E-state index in [0.29, 0.717) is 11.6 Å². The van der Waals surface area contributed by atoms with Gasteiger partial charge in [0.1, 0.15) is 6.61 Å². The second kappa shape index (κ2) is 5.87. The molecule has 17 heavy (non-hydrogen) atoms. The summed E-state index contributed by atoms with van der Waals surface area (Å²) in [6.07, 6.45) is 3.64. The van der Waals surface area contributed by atoms with Crippen LogP contribution in [0, 0.1) is 0 Å². The molecule has 2 nitrogen and oxygen atoms in total. The van der Waals surface area contributed by atoms with Gasteiger partial charge in [0.25, 0.3) is 0 Å². The van der Waals surface area contributed by atoms with Crippen LogP contribution in [0.25, 0.3) is 0 Å². The zero-order valence-electron chi connectivity index (χ0n) is 10.4. The first-order valence-corrected chi connectivity index (χ1v) is 5.90. The number of halogens is 1. The van der Waals surface area contributed by atoms with Gasteiger partial charge in [0.2, 0.25) is 0 Å². The normalized spacial score (nSPS) is 11.8. The molecule has 1 aromatic rings. The Morgan fingerprint density at radius 3 is 2.76 bits per heavy atom. The number of ether oxygens (including phenoxy) is 1. The number of carbonyl (C=O) groups is 1. The van der Waals surface area contributed by atoms with Gasteiger partial charge in [-0.15, -0.1) is 0 Å². The van der Waals surface area contributed by atoms with E-state index in [1.807, 2.05) is 39.0 Å². The predicted molar refractivity (Wildman–Crippen MR) is 70.3 cm³/mol. The minimum absolute atomic E-state index is 0.252. The van der Waals surface area contributed by atoms with Crippen LogP contribution in [0.15, 0.2) is 36.4 Å². The van der Waals surface area contributed by atoms with Gasteiger partial charge < -0.3 is 4.74 Å². The molecule has 0 bridgehead atoms. The van der Waals surface area contributed by atoms with Crippen LogP contribution in [0.5, 0.6) is 0 Å². The zero-order chi connectivity index (χ0) is 12.9. The molecular formula is C14H17ClO2. The summed E-state index contributed by atoms with van der Waals surface area (Å²) in [5.74, 6) is -0.252. The summed E-state index contributed by atoms with van der Waals surface area (Å²) >= 11 is 5.92. The second-order valence-corrected chi connectivity index (χ2v) is 4.74. The Balaban J connectivity index is 2.83. The molecule has 0 atom stereocenters. The molecule has 1 rings (SSSR count). The summed E-state index contributed by atoms with van der Waals surface area (Å²) in [7, 11) is 0. The zero-order valence-corrected chi connectivity index (χ0v) is 11.1. The molecule has 0 saturated carbocycles. The fraction of sp³-hybridized carbons (Fsp3) is 0.357. The fourth-order valence-corrected chi connectivity index (χ4v) is 1.59. The smallest absolute Gasteiger partial charge is 0.316 e. The maximum atomic E-state index is 12.0. The molecule has 0 saturated heterocycles. The minimum Gasteiger partial charge on any atom is -0.461 e. The van der Waals surface area contributed by atoms with Gasteiger partial charge in [-0.1, -0.05) is 35.9 Å². The van der Waals surface area contributed by atoms with Gasteiger partial charge in [-0.05, 0) is 38.5 Å². The Morgan fingerprint density at radius 1 is 1.47 bits per heavy atom. The average Bonchev–Trinajstić information content (AvgIpc) is 2.29. The lowest BCUT2D eigenvalue weighted by Gasteiger charge is -2.22. The highest BCUT2D eigenvalue weighted by atomic mass is 35.5. The van der Waals surface area contributed by atoms with Crippen molar-refractivity contribution < 1.29 is 9.53 Å². The standard InChI is InChI=1S/C14H17ClO2/c1-4-5-9-17-13(16)14(2,3)11-7-6-8-12(15)10-11/h4-8,10H,9H2,1-3H3/b5-4+. The molecule has 0 amide bonds. The van der Waals surface area contributed by atoms with E-state index in [1.54, 1.807) is 18.2 Å². The van der Waals surface area contributed by atoms with Gasteiger partial charge in [-0.25, -0.2) is 0 Å². The first-order chi connectivity index (χ1) is 7.98. The molecule has 0 aromatic heterocycles. The van der Waals surface area contributed by atoms with Crippen molar-refractivity contribution >= 4 is 17.6 Å². The van der Waals surface area contributed by atoms with Gasteiger partial charge in [0.15, 0.2) is 0 Å². The second-order valence-electron chi connectivity index (χ2n) is 4.30. The molecule has 0 N–H and O–H groups in total. The molecule has 0 unspecified atom stereocenters. The predicted octanol–water partition coefficient (Wildman–Crippen LogP) is 3.74. The molecular weight excluding hydrogens is 236 g/mol. The summed E-state index contributed by atoms with van der Waals surface area (Å²) in [6, 6.07) is 7.28. The summed E-state index contributed by atoms with van der Waals surface area (Å²) in [5, 5.41) is 0.622. The number of esters is 1. The third-order valence-corrected chi connectivity index (χ3v) is 2.84. The van der Waals surface area contributed by atoms with Crippen LogP contribution in [-0.2, 0) is 14.9 Å². The van der Waals surface area contributed by atoms with Crippen molar-refractivity contribution in [3.8, 4) is 0 Å². The largest absolute Gasteiger partial charge is 0.461 e. The van der Waals surface area contributed by atoms with Gasteiger partial charge in [-0.3, -0.25) is 4.79 Å². The van der Waals surface area contributed by atoms with Crippen LogP contribution in [0.1, 0.15) is 26.3 Å². The van der Waals surface area contributed by atoms with E-state index in [1.165, 1.54) is 0 Å². The van der Waals surface area contributed by atoms with E-state index in [-0.39, 0.29) is 5.97 Å². The van der Waals surface area contributed by atoms with Gasteiger partial charge in [0, 0.05) is 5.02 Å². The third-order valence-electron chi connectivity index (χ3n) is 2.60. The lowest BCUT2D eigenvalue weighted by molar-refractivity contribution is -0.148. The Morgan fingerprint density at radius 2 is 2.18 bits per heavy atom. The van der Waals surface area contributed by atoms with Crippen molar-refractivity contribution in [1.29, 1.82) is 0 Å². The van der Waals surface area contributed by atoms with Crippen molar-refractivity contribution in [3.63, 3.8) is 0 Å². The monoisotopic (exact) mass is 252 g/mol. The third kappa shape index (κ3) is 3.60. The minimum atomic E-state index is -0.688. The maximum Gasteiger partial charge on any atom is 0.316 e. The highest BCUT2D eigenvalue weighted by Crippen LogP contribution is 2.26. The van der Waals surface area contributed by atoms with E-state index in [0.717, 1.165) is 5.56 Å². The van der Waals surface area contributed by atoms with Gasteiger partial charge >= 0.3 is 5.97 Å². The quantitative estimate of drug-likeness (QED) is 0.603. The Bertz CT molecular complexity index is 422. The Labute approximate surface area is 107 Å². The highest BCUT2D eigenvalue weighted by molar-refractivity contribution is 6.30. The Kier molecular flexibility index (Phi) is 4.76. The molecule has 92 valence electrons. The van der Waals surface area contributed by atoms with Crippen LogP contribution in [-0.4, -0.2) is 12.6 Å². The highest BCUT2D eigenvalue weighted by Gasteiger charge is 2.31. The molecule has 0 aliphatic heterocycles. The molecule has 0 spiro atoms. The fourth-order valence-electron chi connectivity index (χ4n) is 1.40. The summed E-state index contributed by atoms with van der Waals surface area (Å²) in [4.78, 5) is 12.0. The number of hydrogen-bond acceptors (Lipinski definition) is 2. The van der Waals surface area contributed by atoms with E-state index >= 15 is 0 Å². The lowest BCUT2D eigenvalue weighted by atomic mass is 9.85. The van der Waals surface area contributed by atoms with E-state index in [2.05, 4.69) is 0 Å². The van der Waals surface area contributed by atoms with Crippen LogP contribution in [0.2, 0.25) is 5.02 Å². The van der Waals surface area contributed by atoms with Crippen LogP contribution < -0.4 is 0 Å². The number of allylic oxidation sites excluding steroid dienone is 1. The van der Waals surface area contributed by atoms with Gasteiger partial charge in [-0.2, -0.15) is 0 Å². The number of benzene rings is 1. The first-order valence-electron chi connectivity index (χ1n) is 5.53. The summed E-state index contributed by atoms with van der Waals surface area (Å²) < 4.78 is 5.17. The van der Waals surface area contributed by atoms with Crippen molar-refractivity contribution in [2.45, 2.75) is 26.2 Å². The van der Waals surface area contributed by atoms with E-state index in [4.69, 9.17) is 16.3 Å². The summed E-state index contributed by atoms with van der Waals surface area (Å²) in [6.45, 7) is 5.85. The van der Waals surface area contributed by atoms with E-state index in [9.17, 15) is 4.79 Å². The molecule has 0 radical (unpaired) electrons. The SMILES string of the molecule is C/C=C/COC(=O)C(C)(C)c1cccc(Cl)c1. The molecule has 0 fully saturated rings. The van der Waals surface area contributed by atoms with Crippen molar-refractivity contribution in [3.05, 3.63) is 47.0 Å². The van der Waals surface area contributed by atoms with E-state index < -0.39 is 5.41 Å².